The number of carbonyl (C=O) groups is 2. The average molecular weight is 534 g/mol. The van der Waals surface area contributed by atoms with Crippen molar-refractivity contribution in [2.75, 3.05) is 11.4 Å². The van der Waals surface area contributed by atoms with E-state index in [-0.39, 0.29) is 16.5 Å². The molecule has 2 amide bonds. The van der Waals surface area contributed by atoms with E-state index in [2.05, 4.69) is 10.3 Å². The third-order valence-electron chi connectivity index (χ3n) is 6.34. The molecule has 0 spiro atoms. The van der Waals surface area contributed by atoms with Crippen LogP contribution in [0.1, 0.15) is 38.3 Å². The second kappa shape index (κ2) is 10.7. The number of pyridine rings is 1. The van der Waals surface area contributed by atoms with Crippen molar-refractivity contribution < 1.29 is 14.0 Å². The van der Waals surface area contributed by atoms with Crippen LogP contribution in [0.4, 0.5) is 10.1 Å². The average Bonchev–Trinajstić information content (AvgIpc) is 2.91. The van der Waals surface area contributed by atoms with Gasteiger partial charge in [-0.25, -0.2) is 4.39 Å². The van der Waals surface area contributed by atoms with E-state index >= 15 is 0 Å². The zero-order valence-electron chi connectivity index (χ0n) is 19.7. The molecule has 1 aliphatic heterocycles. The number of carbonyl (C=O) groups excluding carboxylic acids is 2. The van der Waals surface area contributed by atoms with Gasteiger partial charge in [0.2, 0.25) is 0 Å². The summed E-state index contributed by atoms with van der Waals surface area (Å²) >= 11 is 12.7. The molecular formula is C29H22Cl2FN3O2. The van der Waals surface area contributed by atoms with Crippen LogP contribution < -0.4 is 10.2 Å². The minimum absolute atomic E-state index is 0.0825. The van der Waals surface area contributed by atoms with Gasteiger partial charge in [0.1, 0.15) is 5.82 Å². The highest BCUT2D eigenvalue weighted by atomic mass is 35.5. The van der Waals surface area contributed by atoms with Crippen molar-refractivity contribution >= 4 is 40.7 Å². The van der Waals surface area contributed by atoms with Crippen LogP contribution in [0.15, 0.2) is 79.1 Å². The number of rotatable bonds is 5. The first-order valence-electron chi connectivity index (χ1n) is 11.8. The predicted octanol–water partition coefficient (Wildman–Crippen LogP) is 6.72. The van der Waals surface area contributed by atoms with Gasteiger partial charge in [-0.15, -0.1) is 0 Å². The summed E-state index contributed by atoms with van der Waals surface area (Å²) in [7, 11) is 0. The lowest BCUT2D eigenvalue weighted by molar-refractivity contribution is 0.0949. The van der Waals surface area contributed by atoms with E-state index in [9.17, 15) is 14.0 Å². The number of hydrogen-bond acceptors (Lipinski definition) is 3. The molecule has 0 atom stereocenters. The normalized spacial score (nSPS) is 12.7. The maximum Gasteiger partial charge on any atom is 0.262 e. The van der Waals surface area contributed by atoms with E-state index in [1.807, 2.05) is 30.3 Å². The van der Waals surface area contributed by atoms with Crippen LogP contribution in [0, 0.1) is 5.82 Å². The molecule has 0 bridgehead atoms. The van der Waals surface area contributed by atoms with Crippen LogP contribution in [0.5, 0.6) is 0 Å². The summed E-state index contributed by atoms with van der Waals surface area (Å²) in [6.07, 6.45) is 4.86. The van der Waals surface area contributed by atoms with Crippen LogP contribution >= 0.6 is 23.2 Å². The van der Waals surface area contributed by atoms with Crippen molar-refractivity contribution in [1.82, 2.24) is 10.3 Å². The lowest BCUT2D eigenvalue weighted by Crippen LogP contribution is -2.36. The fourth-order valence-electron chi connectivity index (χ4n) is 4.49. The first-order valence-corrected chi connectivity index (χ1v) is 12.5. The number of fused-ring (bicyclic) bond motifs is 1. The van der Waals surface area contributed by atoms with E-state index < -0.39 is 11.7 Å². The smallest absolute Gasteiger partial charge is 0.262 e. The van der Waals surface area contributed by atoms with Gasteiger partial charge in [0.25, 0.3) is 11.8 Å². The van der Waals surface area contributed by atoms with Gasteiger partial charge < -0.3 is 10.2 Å². The van der Waals surface area contributed by atoms with Crippen molar-refractivity contribution in [2.24, 2.45) is 0 Å². The standard InChI is InChI=1S/C29H22Cl2FN3O2/c30-23-10-8-21(28(36)34-17-18-4-2-12-33-16-18)15-22(23)19-9-11-26-20(14-19)5-3-13-35(26)29(37)27-24(31)6-1-7-25(27)32/h1-2,4,6-12,14-16H,3,5,13,17H2,(H,34,36). The van der Waals surface area contributed by atoms with Gasteiger partial charge in [-0.2, -0.15) is 0 Å². The number of amides is 2. The molecule has 5 rings (SSSR count). The number of aryl methyl sites for hydroxylation is 1. The summed E-state index contributed by atoms with van der Waals surface area (Å²) in [5, 5.41) is 3.49. The highest BCUT2D eigenvalue weighted by molar-refractivity contribution is 6.34. The third kappa shape index (κ3) is 5.22. The zero-order valence-corrected chi connectivity index (χ0v) is 21.2. The zero-order chi connectivity index (χ0) is 25.9. The summed E-state index contributed by atoms with van der Waals surface area (Å²) in [6, 6.07) is 18.7. The van der Waals surface area contributed by atoms with Gasteiger partial charge in [-0.1, -0.05) is 41.4 Å². The van der Waals surface area contributed by atoms with Crippen LogP contribution in [-0.2, 0) is 13.0 Å². The fraction of sp³-hybridized carbons (Fsp3) is 0.138. The molecule has 0 saturated carbocycles. The van der Waals surface area contributed by atoms with Gasteiger partial charge in [0.05, 0.1) is 10.6 Å². The Morgan fingerprint density at radius 3 is 2.65 bits per heavy atom. The van der Waals surface area contributed by atoms with E-state index in [1.165, 1.54) is 18.2 Å². The molecule has 1 aromatic heterocycles. The van der Waals surface area contributed by atoms with E-state index in [4.69, 9.17) is 23.2 Å². The Morgan fingerprint density at radius 1 is 1.00 bits per heavy atom. The van der Waals surface area contributed by atoms with E-state index in [0.29, 0.717) is 34.9 Å². The second-order valence-electron chi connectivity index (χ2n) is 8.74. The maximum atomic E-state index is 14.4. The minimum Gasteiger partial charge on any atom is -0.348 e. The molecule has 0 fully saturated rings. The molecule has 186 valence electrons. The number of nitrogens with zero attached hydrogens (tertiary/aromatic N) is 2. The molecule has 1 N–H and O–H groups in total. The molecule has 0 aliphatic carbocycles. The van der Waals surface area contributed by atoms with Gasteiger partial charge in [-0.05, 0) is 78.1 Å². The topological polar surface area (TPSA) is 62.3 Å². The van der Waals surface area contributed by atoms with Gasteiger partial charge in [-0.3, -0.25) is 14.6 Å². The Kier molecular flexibility index (Phi) is 7.22. The summed E-state index contributed by atoms with van der Waals surface area (Å²) in [5.74, 6) is -1.34. The maximum absolute atomic E-state index is 14.4. The Balaban J connectivity index is 1.41. The van der Waals surface area contributed by atoms with Gasteiger partial charge >= 0.3 is 0 Å². The minimum atomic E-state index is -0.647. The Bertz CT molecular complexity index is 1470. The molecule has 2 heterocycles. The first kappa shape index (κ1) is 24.9. The number of nitrogens with one attached hydrogen (secondary N) is 1. The quantitative estimate of drug-likeness (QED) is 0.309. The highest BCUT2D eigenvalue weighted by Crippen LogP contribution is 2.36. The number of benzene rings is 3. The Hall–Kier alpha value is -3.74. The first-order chi connectivity index (χ1) is 17.9. The monoisotopic (exact) mass is 533 g/mol. The SMILES string of the molecule is O=C(NCc1cccnc1)c1ccc(Cl)c(-c2ccc3c(c2)CCCN3C(=O)c2c(F)cccc2Cl)c1. The van der Waals surface area contributed by atoms with Crippen molar-refractivity contribution in [3.8, 4) is 11.1 Å². The van der Waals surface area contributed by atoms with E-state index in [0.717, 1.165) is 29.5 Å². The van der Waals surface area contributed by atoms with Crippen LogP contribution in [0.25, 0.3) is 11.1 Å². The van der Waals surface area contributed by atoms with Crippen LogP contribution in [0.3, 0.4) is 0 Å². The number of anilines is 1. The predicted molar refractivity (Wildman–Crippen MR) is 144 cm³/mol. The number of hydrogen-bond donors (Lipinski definition) is 1. The lowest BCUT2D eigenvalue weighted by atomic mass is 9.94. The molecule has 0 saturated heterocycles. The van der Waals surface area contributed by atoms with Crippen LogP contribution in [0.2, 0.25) is 10.0 Å². The molecular weight excluding hydrogens is 512 g/mol. The fourth-order valence-corrected chi connectivity index (χ4v) is 4.96. The Labute approximate surface area is 223 Å². The molecule has 8 heteroatoms. The largest absolute Gasteiger partial charge is 0.348 e. The molecule has 1 aliphatic rings. The molecule has 0 unspecified atom stereocenters. The number of halogens is 3. The summed E-state index contributed by atoms with van der Waals surface area (Å²) in [5.41, 5.74) is 4.42. The molecule has 0 radical (unpaired) electrons. The Morgan fingerprint density at radius 2 is 1.86 bits per heavy atom. The summed E-state index contributed by atoms with van der Waals surface area (Å²) in [6.45, 7) is 0.822. The number of aromatic nitrogens is 1. The molecule has 3 aromatic carbocycles. The molecule has 37 heavy (non-hydrogen) atoms. The third-order valence-corrected chi connectivity index (χ3v) is 6.98. The van der Waals surface area contributed by atoms with Crippen LogP contribution in [-0.4, -0.2) is 23.3 Å². The van der Waals surface area contributed by atoms with E-state index in [1.54, 1.807) is 35.5 Å². The molecule has 5 nitrogen and oxygen atoms in total. The van der Waals surface area contributed by atoms with Gasteiger partial charge in [0.15, 0.2) is 0 Å². The molecule has 4 aromatic rings. The highest BCUT2D eigenvalue weighted by Gasteiger charge is 2.27. The summed E-state index contributed by atoms with van der Waals surface area (Å²) in [4.78, 5) is 31.6. The van der Waals surface area contributed by atoms with Crippen molar-refractivity contribution in [2.45, 2.75) is 19.4 Å². The van der Waals surface area contributed by atoms with Crippen molar-refractivity contribution in [3.63, 3.8) is 0 Å². The van der Waals surface area contributed by atoms with Crippen molar-refractivity contribution in [3.05, 3.63) is 117 Å². The van der Waals surface area contributed by atoms with Gasteiger partial charge in [0, 0.05) is 47.3 Å². The van der Waals surface area contributed by atoms with Crippen molar-refractivity contribution in [1.29, 1.82) is 0 Å². The summed E-state index contributed by atoms with van der Waals surface area (Å²) < 4.78 is 14.4. The lowest BCUT2D eigenvalue weighted by Gasteiger charge is -2.30. The second-order valence-corrected chi connectivity index (χ2v) is 9.55.